The molecule has 0 bridgehead atoms. The van der Waals surface area contributed by atoms with Gasteiger partial charge in [-0.05, 0) is 12.1 Å². The molecule has 0 spiro atoms. The van der Waals surface area contributed by atoms with Crippen molar-refractivity contribution in [1.82, 2.24) is 24.4 Å². The first-order valence-corrected chi connectivity index (χ1v) is 8.24. The Hall–Kier alpha value is -3.79. The van der Waals surface area contributed by atoms with Crippen LogP contribution < -0.4 is 9.47 Å². The van der Waals surface area contributed by atoms with Gasteiger partial charge in [0, 0.05) is 48.4 Å². The molecule has 0 atom stereocenters. The summed E-state index contributed by atoms with van der Waals surface area (Å²) in [6.07, 6.45) is 9.10. The SMILES string of the molecule is COc1ccc(C#Cc2cnn3cc(-c4cnn(C)c4)cc(OC)c23)cn1. The molecule has 0 saturated heterocycles. The van der Waals surface area contributed by atoms with Crippen molar-refractivity contribution in [3.8, 4) is 34.6 Å². The van der Waals surface area contributed by atoms with Crippen LogP contribution >= 0.6 is 0 Å². The standard InChI is InChI=1S/C20H17N5O2/c1-24-12-17(11-22-24)16-8-18(26-2)20-15(10-23-25(20)13-16)6-4-14-5-7-19(27-3)21-9-14/h5,7-13H,1-3H3. The molecular weight excluding hydrogens is 342 g/mol. The summed E-state index contributed by atoms with van der Waals surface area (Å²) in [5, 5.41) is 8.65. The first kappa shape index (κ1) is 16.7. The summed E-state index contributed by atoms with van der Waals surface area (Å²) >= 11 is 0. The molecule has 0 amide bonds. The number of aromatic nitrogens is 5. The van der Waals surface area contributed by atoms with Crippen LogP contribution in [0.15, 0.2) is 49.2 Å². The zero-order chi connectivity index (χ0) is 18.8. The lowest BCUT2D eigenvalue weighted by Crippen LogP contribution is -1.94. The van der Waals surface area contributed by atoms with Gasteiger partial charge in [0.1, 0.15) is 11.3 Å². The molecule has 0 N–H and O–H groups in total. The van der Waals surface area contributed by atoms with E-state index in [1.165, 1.54) is 0 Å². The highest BCUT2D eigenvalue weighted by Crippen LogP contribution is 2.29. The summed E-state index contributed by atoms with van der Waals surface area (Å²) in [4.78, 5) is 4.16. The summed E-state index contributed by atoms with van der Waals surface area (Å²) in [7, 11) is 5.10. The minimum atomic E-state index is 0.557. The fourth-order valence-corrected chi connectivity index (χ4v) is 2.77. The zero-order valence-electron chi connectivity index (χ0n) is 15.2. The average molecular weight is 359 g/mol. The number of fused-ring (bicyclic) bond motifs is 1. The van der Waals surface area contributed by atoms with Crippen LogP contribution in [-0.2, 0) is 7.05 Å². The van der Waals surface area contributed by atoms with Crippen molar-refractivity contribution < 1.29 is 9.47 Å². The predicted molar refractivity (Wildman–Crippen MR) is 101 cm³/mol. The van der Waals surface area contributed by atoms with E-state index in [-0.39, 0.29) is 0 Å². The molecule has 7 nitrogen and oxygen atoms in total. The van der Waals surface area contributed by atoms with Gasteiger partial charge < -0.3 is 9.47 Å². The van der Waals surface area contributed by atoms with E-state index < -0.39 is 0 Å². The second-order valence-electron chi connectivity index (χ2n) is 5.89. The van der Waals surface area contributed by atoms with Crippen molar-refractivity contribution in [3.63, 3.8) is 0 Å². The van der Waals surface area contributed by atoms with E-state index in [2.05, 4.69) is 27.0 Å². The van der Waals surface area contributed by atoms with Crippen LogP contribution in [0.2, 0.25) is 0 Å². The van der Waals surface area contributed by atoms with E-state index in [0.29, 0.717) is 11.6 Å². The summed E-state index contributed by atoms with van der Waals surface area (Å²) in [6, 6.07) is 5.61. The molecule has 0 aliphatic heterocycles. The highest BCUT2D eigenvalue weighted by molar-refractivity contribution is 5.75. The third-order valence-corrected chi connectivity index (χ3v) is 4.12. The number of rotatable bonds is 3. The van der Waals surface area contributed by atoms with Crippen molar-refractivity contribution in [3.05, 3.63) is 60.3 Å². The largest absolute Gasteiger partial charge is 0.494 e. The first-order valence-electron chi connectivity index (χ1n) is 8.24. The molecule has 0 aliphatic carbocycles. The van der Waals surface area contributed by atoms with Gasteiger partial charge in [-0.3, -0.25) is 4.68 Å². The number of hydrogen-bond acceptors (Lipinski definition) is 5. The maximum absolute atomic E-state index is 5.59. The number of pyridine rings is 2. The molecule has 4 aromatic heterocycles. The molecule has 0 saturated carbocycles. The van der Waals surface area contributed by atoms with Gasteiger partial charge in [0.25, 0.3) is 0 Å². The van der Waals surface area contributed by atoms with E-state index in [9.17, 15) is 0 Å². The minimum Gasteiger partial charge on any atom is -0.494 e. The molecule has 0 aromatic carbocycles. The molecule has 4 heterocycles. The van der Waals surface area contributed by atoms with Crippen LogP contribution in [0.3, 0.4) is 0 Å². The van der Waals surface area contributed by atoms with Crippen LogP contribution in [-0.4, -0.2) is 38.6 Å². The Bertz CT molecular complexity index is 1160. The van der Waals surface area contributed by atoms with Gasteiger partial charge in [0.2, 0.25) is 5.88 Å². The number of nitrogens with zero attached hydrogens (tertiary/aromatic N) is 5. The summed E-state index contributed by atoms with van der Waals surface area (Å²) in [5.74, 6) is 7.51. The highest BCUT2D eigenvalue weighted by Gasteiger charge is 2.12. The lowest BCUT2D eigenvalue weighted by atomic mass is 10.1. The fourth-order valence-electron chi connectivity index (χ4n) is 2.77. The maximum atomic E-state index is 5.59. The van der Waals surface area contributed by atoms with E-state index in [1.54, 1.807) is 41.9 Å². The van der Waals surface area contributed by atoms with Gasteiger partial charge in [0.05, 0.1) is 32.2 Å². The molecule has 27 heavy (non-hydrogen) atoms. The molecule has 0 aliphatic rings. The Kier molecular flexibility index (Phi) is 4.22. The molecule has 134 valence electrons. The lowest BCUT2D eigenvalue weighted by molar-refractivity contribution is 0.398. The predicted octanol–water partition coefficient (Wildman–Crippen LogP) is 2.55. The Labute approximate surface area is 156 Å². The Morgan fingerprint density at radius 1 is 0.926 bits per heavy atom. The molecule has 4 rings (SSSR count). The van der Waals surface area contributed by atoms with Crippen LogP contribution in [0.1, 0.15) is 11.1 Å². The maximum Gasteiger partial charge on any atom is 0.212 e. The topological polar surface area (TPSA) is 66.5 Å². The van der Waals surface area contributed by atoms with Gasteiger partial charge in [-0.1, -0.05) is 11.8 Å². The van der Waals surface area contributed by atoms with E-state index in [0.717, 1.165) is 27.8 Å². The van der Waals surface area contributed by atoms with Gasteiger partial charge >= 0.3 is 0 Å². The number of methoxy groups -OCH3 is 2. The smallest absolute Gasteiger partial charge is 0.212 e. The Morgan fingerprint density at radius 2 is 1.81 bits per heavy atom. The number of ether oxygens (including phenoxy) is 2. The molecule has 7 heteroatoms. The second kappa shape index (κ2) is 6.84. The Morgan fingerprint density at radius 3 is 2.48 bits per heavy atom. The van der Waals surface area contributed by atoms with E-state index >= 15 is 0 Å². The molecule has 0 radical (unpaired) electrons. The van der Waals surface area contributed by atoms with Gasteiger partial charge in [0.15, 0.2) is 0 Å². The van der Waals surface area contributed by atoms with Crippen LogP contribution in [0, 0.1) is 11.8 Å². The minimum absolute atomic E-state index is 0.557. The lowest BCUT2D eigenvalue weighted by Gasteiger charge is -2.06. The monoisotopic (exact) mass is 359 g/mol. The molecule has 0 fully saturated rings. The average Bonchev–Trinajstić information content (AvgIpc) is 3.32. The van der Waals surface area contributed by atoms with E-state index in [4.69, 9.17) is 9.47 Å². The molecule has 0 unspecified atom stereocenters. The molecular formula is C20H17N5O2. The number of aryl methyl sites for hydroxylation is 1. The number of hydrogen-bond donors (Lipinski definition) is 0. The van der Waals surface area contributed by atoms with Crippen LogP contribution in [0.5, 0.6) is 11.6 Å². The van der Waals surface area contributed by atoms with Crippen molar-refractivity contribution >= 4 is 5.52 Å². The van der Waals surface area contributed by atoms with Gasteiger partial charge in [-0.25, -0.2) is 9.50 Å². The van der Waals surface area contributed by atoms with Crippen molar-refractivity contribution in [2.24, 2.45) is 7.05 Å². The molecule has 4 aromatic rings. The van der Waals surface area contributed by atoms with Crippen molar-refractivity contribution in [1.29, 1.82) is 0 Å². The summed E-state index contributed by atoms with van der Waals surface area (Å²) in [6.45, 7) is 0. The highest BCUT2D eigenvalue weighted by atomic mass is 16.5. The second-order valence-corrected chi connectivity index (χ2v) is 5.89. The fraction of sp³-hybridized carbons (Fsp3) is 0.150. The third kappa shape index (κ3) is 3.20. The van der Waals surface area contributed by atoms with Crippen molar-refractivity contribution in [2.75, 3.05) is 14.2 Å². The first-order chi connectivity index (χ1) is 13.2. The van der Waals surface area contributed by atoms with Crippen LogP contribution in [0.4, 0.5) is 0 Å². The van der Waals surface area contributed by atoms with Gasteiger partial charge in [-0.15, -0.1) is 0 Å². The van der Waals surface area contributed by atoms with Crippen LogP contribution in [0.25, 0.3) is 16.6 Å². The summed E-state index contributed by atoms with van der Waals surface area (Å²) < 4.78 is 14.2. The normalized spacial score (nSPS) is 10.5. The quantitative estimate of drug-likeness (QED) is 0.526. The summed E-state index contributed by atoms with van der Waals surface area (Å²) in [5.41, 5.74) is 4.35. The van der Waals surface area contributed by atoms with Gasteiger partial charge in [-0.2, -0.15) is 10.2 Å². The third-order valence-electron chi connectivity index (χ3n) is 4.12. The Balaban J connectivity index is 1.75. The van der Waals surface area contributed by atoms with Crippen molar-refractivity contribution in [2.45, 2.75) is 0 Å². The van der Waals surface area contributed by atoms with E-state index in [1.807, 2.05) is 37.8 Å². The zero-order valence-corrected chi connectivity index (χ0v) is 15.2.